The zero-order valence-electron chi connectivity index (χ0n) is 25.8. The summed E-state index contributed by atoms with van der Waals surface area (Å²) in [6, 6.07) is 4.88. The summed E-state index contributed by atoms with van der Waals surface area (Å²) in [6.45, 7) is -0.599. The molecule has 2 aromatic carbocycles. The Labute approximate surface area is 274 Å². The number of hydrogen-bond acceptors (Lipinski definition) is 8. The van der Waals surface area contributed by atoms with Gasteiger partial charge in [0, 0.05) is 13.0 Å². The van der Waals surface area contributed by atoms with E-state index >= 15 is 0 Å². The molecule has 0 heterocycles. The number of carboxylic acids is 1. The van der Waals surface area contributed by atoms with E-state index in [0.29, 0.717) is 11.1 Å². The summed E-state index contributed by atoms with van der Waals surface area (Å²) in [7, 11) is 0. The van der Waals surface area contributed by atoms with Crippen LogP contribution in [0.2, 0.25) is 0 Å². The molecule has 4 atom stereocenters. The Bertz CT molecular complexity index is 1470. The van der Waals surface area contributed by atoms with Crippen LogP contribution in [0.4, 0.5) is 8.78 Å². The van der Waals surface area contributed by atoms with E-state index in [1.54, 1.807) is 0 Å². The summed E-state index contributed by atoms with van der Waals surface area (Å²) >= 11 is 0. The third kappa shape index (κ3) is 14.2. The predicted molar refractivity (Wildman–Crippen MR) is 168 cm³/mol. The zero-order valence-corrected chi connectivity index (χ0v) is 25.8. The smallest absolute Gasteiger partial charge is 0.305 e. The first-order chi connectivity index (χ1) is 22.6. The normalized spacial score (nSPS) is 13.1. The molecule has 5 amide bonds. The lowest BCUT2D eigenvalue weighted by Gasteiger charge is -2.23. The minimum atomic E-state index is -1.63. The number of aliphatic carboxylic acids is 1. The number of hydrogen-bond donors (Lipinski definition) is 9. The highest BCUT2D eigenvalue weighted by Gasteiger charge is 2.29. The second-order valence-electron chi connectivity index (χ2n) is 10.7. The van der Waals surface area contributed by atoms with E-state index < -0.39 is 84.3 Å². The second-order valence-corrected chi connectivity index (χ2v) is 10.7. The summed E-state index contributed by atoms with van der Waals surface area (Å²) in [5.74, 6) is -7.13. The van der Waals surface area contributed by atoms with E-state index in [1.165, 1.54) is 36.4 Å². The van der Waals surface area contributed by atoms with Gasteiger partial charge in [0.25, 0.3) is 0 Å². The van der Waals surface area contributed by atoms with Crippen molar-refractivity contribution in [1.82, 2.24) is 21.3 Å². The number of benzene rings is 2. The molecule has 0 unspecified atom stereocenters. The van der Waals surface area contributed by atoms with Crippen molar-refractivity contribution >= 4 is 41.5 Å². The van der Waals surface area contributed by atoms with E-state index in [2.05, 4.69) is 26.3 Å². The van der Waals surface area contributed by atoms with Crippen LogP contribution in [0.15, 0.2) is 53.5 Å². The third-order valence-electron chi connectivity index (χ3n) is 6.75. The van der Waals surface area contributed by atoms with Crippen LogP contribution < -0.4 is 44.2 Å². The molecule has 16 nitrogen and oxygen atoms in total. The maximum Gasteiger partial charge on any atom is 0.305 e. The van der Waals surface area contributed by atoms with Crippen LogP contribution in [-0.2, 0) is 41.6 Å². The molecule has 0 aliphatic heterocycles. The van der Waals surface area contributed by atoms with Gasteiger partial charge in [-0.05, 0) is 54.7 Å². The third-order valence-corrected chi connectivity index (χ3v) is 6.75. The van der Waals surface area contributed by atoms with Crippen molar-refractivity contribution in [3.05, 3.63) is 71.3 Å². The van der Waals surface area contributed by atoms with E-state index in [-0.39, 0.29) is 38.2 Å². The minimum absolute atomic E-state index is 0.0414. The van der Waals surface area contributed by atoms with Gasteiger partial charge in [0.2, 0.25) is 29.5 Å². The number of nitrogens with zero attached hydrogens (tertiary/aromatic N) is 1. The lowest BCUT2D eigenvalue weighted by Crippen LogP contribution is -2.56. The van der Waals surface area contributed by atoms with Gasteiger partial charge in [-0.3, -0.25) is 33.8 Å². The van der Waals surface area contributed by atoms with Gasteiger partial charge in [0.05, 0.1) is 19.0 Å². The number of nitrogens with two attached hydrogens (primary N) is 4. The van der Waals surface area contributed by atoms with Crippen molar-refractivity contribution in [2.24, 2.45) is 27.9 Å². The lowest BCUT2D eigenvalue weighted by atomic mass is 10.0. The fraction of sp³-hybridized carbons (Fsp3) is 0.367. The van der Waals surface area contributed by atoms with Crippen molar-refractivity contribution < 1.29 is 42.7 Å². The molecule has 0 bridgehead atoms. The van der Waals surface area contributed by atoms with E-state index in [9.17, 15) is 42.7 Å². The van der Waals surface area contributed by atoms with Crippen molar-refractivity contribution in [2.45, 2.75) is 56.3 Å². The highest BCUT2D eigenvalue weighted by Crippen LogP contribution is 2.08. The molecule has 0 aliphatic carbocycles. The summed E-state index contributed by atoms with van der Waals surface area (Å²) in [5, 5.41) is 18.6. The Kier molecular flexibility index (Phi) is 15.3. The monoisotopic (exact) mass is 675 g/mol. The largest absolute Gasteiger partial charge is 0.481 e. The highest BCUT2D eigenvalue weighted by atomic mass is 19.1. The zero-order chi connectivity index (χ0) is 35.8. The number of carbonyl (C=O) groups excluding carboxylic acids is 5. The molecule has 0 saturated heterocycles. The fourth-order valence-corrected chi connectivity index (χ4v) is 4.29. The summed E-state index contributed by atoms with van der Waals surface area (Å²) < 4.78 is 26.6. The maximum absolute atomic E-state index is 13.5. The quantitative estimate of drug-likeness (QED) is 0.0434. The number of rotatable bonds is 19. The van der Waals surface area contributed by atoms with E-state index in [1.807, 2.05) is 0 Å². The van der Waals surface area contributed by atoms with Gasteiger partial charge in [-0.1, -0.05) is 24.3 Å². The van der Waals surface area contributed by atoms with Crippen LogP contribution in [0, 0.1) is 11.6 Å². The van der Waals surface area contributed by atoms with Crippen LogP contribution in [-0.4, -0.2) is 83.8 Å². The number of carboxylic acid groups (broad SMARTS) is 1. The van der Waals surface area contributed by atoms with Crippen LogP contribution in [0.25, 0.3) is 0 Å². The molecule has 0 aliphatic rings. The van der Waals surface area contributed by atoms with Gasteiger partial charge in [-0.25, -0.2) is 8.78 Å². The fourth-order valence-electron chi connectivity index (χ4n) is 4.29. The molecule has 2 rings (SSSR count). The molecule has 260 valence electrons. The number of aliphatic imine (C=N–C) groups is 1. The molecule has 0 fully saturated rings. The van der Waals surface area contributed by atoms with Gasteiger partial charge in [-0.2, -0.15) is 0 Å². The van der Waals surface area contributed by atoms with Crippen molar-refractivity contribution in [3.8, 4) is 0 Å². The van der Waals surface area contributed by atoms with E-state index in [4.69, 9.17) is 22.9 Å². The molecule has 0 saturated carbocycles. The Balaban J connectivity index is 2.08. The highest BCUT2D eigenvalue weighted by molar-refractivity contribution is 5.95. The minimum Gasteiger partial charge on any atom is -0.481 e. The molecule has 0 spiro atoms. The molecule has 18 heteroatoms. The van der Waals surface area contributed by atoms with Crippen LogP contribution in [0.3, 0.4) is 0 Å². The number of primary amides is 1. The molecular formula is C30H39F2N9O7. The second kappa shape index (κ2) is 19.1. The van der Waals surface area contributed by atoms with Crippen LogP contribution >= 0.6 is 0 Å². The van der Waals surface area contributed by atoms with E-state index in [0.717, 1.165) is 12.1 Å². The molecule has 0 aromatic heterocycles. The number of amides is 5. The average molecular weight is 676 g/mol. The number of nitrogens with one attached hydrogen (secondary N) is 4. The topological polar surface area (TPSA) is 287 Å². The number of halogens is 2. The van der Waals surface area contributed by atoms with Crippen molar-refractivity contribution in [1.29, 1.82) is 0 Å². The Morgan fingerprint density at radius 3 is 1.79 bits per heavy atom. The predicted octanol–water partition coefficient (Wildman–Crippen LogP) is -2.34. The summed E-state index contributed by atoms with van der Waals surface area (Å²) in [6.07, 6.45) is -0.710. The molecule has 0 radical (unpaired) electrons. The summed E-state index contributed by atoms with van der Waals surface area (Å²) in [4.78, 5) is 78.7. The Morgan fingerprint density at radius 1 is 0.729 bits per heavy atom. The van der Waals surface area contributed by atoms with Gasteiger partial charge in [0.1, 0.15) is 29.8 Å². The first-order valence-corrected chi connectivity index (χ1v) is 14.6. The van der Waals surface area contributed by atoms with Gasteiger partial charge >= 0.3 is 5.97 Å². The van der Waals surface area contributed by atoms with Crippen molar-refractivity contribution in [3.63, 3.8) is 0 Å². The summed E-state index contributed by atoms with van der Waals surface area (Å²) in [5.41, 5.74) is 22.8. The van der Waals surface area contributed by atoms with Crippen LogP contribution in [0.1, 0.15) is 30.4 Å². The lowest BCUT2D eigenvalue weighted by molar-refractivity contribution is -0.140. The van der Waals surface area contributed by atoms with Gasteiger partial charge in [0.15, 0.2) is 5.96 Å². The molecule has 2 aromatic rings. The van der Waals surface area contributed by atoms with Crippen LogP contribution in [0.5, 0.6) is 0 Å². The molecular weight excluding hydrogens is 636 g/mol. The SMILES string of the molecule is NC(=O)[C@H](CCCN=C(N)N)NC(=O)[C@H](Cc1ccc(F)cc1)NC(=O)CNC(=O)[C@H](CC(=O)O)NC(=O)[C@@H](N)Cc1ccc(F)cc1. The van der Waals surface area contributed by atoms with Gasteiger partial charge in [-0.15, -0.1) is 0 Å². The number of guanidine groups is 1. The first-order valence-electron chi connectivity index (χ1n) is 14.6. The maximum atomic E-state index is 13.5. The Morgan fingerprint density at radius 2 is 1.27 bits per heavy atom. The van der Waals surface area contributed by atoms with Crippen molar-refractivity contribution in [2.75, 3.05) is 13.1 Å². The molecule has 48 heavy (non-hydrogen) atoms. The number of carbonyl (C=O) groups is 6. The molecule has 13 N–H and O–H groups in total. The first kappa shape index (κ1) is 38.5. The average Bonchev–Trinajstić information content (AvgIpc) is 3.02. The Hall–Kier alpha value is -5.65. The van der Waals surface area contributed by atoms with Gasteiger partial charge < -0.3 is 49.3 Å². The standard InChI is InChI=1S/C30H39F2N9O7/c31-18-7-3-16(4-8-18)12-20(33)27(46)41-23(14-25(43)44)28(47)38-15-24(42)39-22(13-17-5-9-19(32)10-6-17)29(48)40-21(26(34)45)2-1-11-37-30(35)36/h3-10,20-23H,1-2,11-15,33H2,(H2,34,45)(H,38,47)(H,39,42)(H,40,48)(H,41,46)(H,43,44)(H4,35,36,37)/t20-,21-,22-,23-/m0/s1.